The van der Waals surface area contributed by atoms with E-state index in [0.29, 0.717) is 25.8 Å². The van der Waals surface area contributed by atoms with Crippen LogP contribution in [0.4, 0.5) is 0 Å². The molecule has 3 N–H and O–H groups in total. The molecule has 0 aliphatic carbocycles. The second kappa shape index (κ2) is 17.7. The van der Waals surface area contributed by atoms with Crippen molar-refractivity contribution >= 4 is 45.2 Å². The normalized spacial score (nSPS) is 17.5. The average Bonchev–Trinajstić information content (AvgIpc) is 3.58. The Labute approximate surface area is 300 Å². The van der Waals surface area contributed by atoms with Crippen molar-refractivity contribution in [2.24, 2.45) is 0 Å². The summed E-state index contributed by atoms with van der Waals surface area (Å²) in [5.74, 6) is -0.0197. The first-order valence-corrected chi connectivity index (χ1v) is 18.9. The number of fused-ring (bicyclic) bond motifs is 1. The van der Waals surface area contributed by atoms with Crippen LogP contribution in [0.15, 0.2) is 101 Å². The van der Waals surface area contributed by atoms with Gasteiger partial charge in [0.2, 0.25) is 5.91 Å². The van der Waals surface area contributed by atoms with Crippen LogP contribution in [0.25, 0.3) is 21.3 Å². The highest BCUT2D eigenvalue weighted by Gasteiger charge is 2.32. The lowest BCUT2D eigenvalue weighted by Gasteiger charge is -2.36. The molecule has 0 radical (unpaired) electrons. The van der Waals surface area contributed by atoms with Gasteiger partial charge >= 0.3 is 5.97 Å². The number of carbonyl (C=O) groups is 2. The van der Waals surface area contributed by atoms with Crippen molar-refractivity contribution in [1.29, 1.82) is 0 Å². The lowest BCUT2D eigenvalue weighted by molar-refractivity contribution is -0.245. The Hall–Kier alpha value is -4.06. The molecule has 260 valence electrons. The Bertz CT molecular complexity index is 1830. The van der Waals surface area contributed by atoms with Gasteiger partial charge in [0.05, 0.1) is 29.0 Å². The zero-order valence-corrected chi connectivity index (χ0v) is 29.5. The first-order chi connectivity index (χ1) is 24.4. The lowest BCUT2D eigenvalue weighted by atomic mass is 9.99. The molecule has 5 aromatic rings. The Morgan fingerprint density at radius 1 is 0.820 bits per heavy atom. The number of aliphatic carboxylic acids is 1. The summed E-state index contributed by atoms with van der Waals surface area (Å²) in [6.07, 6.45) is 3.65. The number of carbonyl (C=O) groups excluding carboxylic acids is 1. The van der Waals surface area contributed by atoms with Crippen LogP contribution in [-0.4, -0.2) is 38.9 Å². The quantitative estimate of drug-likeness (QED) is 0.0687. The second-order valence-electron chi connectivity index (χ2n) is 12.5. The minimum Gasteiger partial charge on any atom is -0.481 e. The van der Waals surface area contributed by atoms with E-state index in [2.05, 4.69) is 47.8 Å². The molecule has 4 aromatic carbocycles. The number of ether oxygens (including phenoxy) is 2. The summed E-state index contributed by atoms with van der Waals surface area (Å²) in [6.45, 7) is 0.451. The van der Waals surface area contributed by atoms with Gasteiger partial charge in [-0.25, -0.2) is 4.98 Å². The number of benzene rings is 4. The van der Waals surface area contributed by atoms with Crippen molar-refractivity contribution in [3.8, 4) is 11.1 Å². The smallest absolute Gasteiger partial charge is 0.303 e. The summed E-state index contributed by atoms with van der Waals surface area (Å²) < 4.78 is 15.3. The molecule has 1 aliphatic heterocycles. The van der Waals surface area contributed by atoms with Gasteiger partial charge in [-0.3, -0.25) is 9.59 Å². The molecule has 0 bridgehead atoms. The van der Waals surface area contributed by atoms with Gasteiger partial charge in [0.1, 0.15) is 0 Å². The van der Waals surface area contributed by atoms with Gasteiger partial charge in [0.25, 0.3) is 0 Å². The molecule has 0 spiro atoms. The number of nitrogens with one attached hydrogen (secondary N) is 1. The number of hydrogen-bond donors (Lipinski definition) is 3. The number of aliphatic hydroxyl groups excluding tert-OH is 1. The molecule has 8 nitrogen and oxygen atoms in total. The molecule has 6 rings (SSSR count). The summed E-state index contributed by atoms with van der Waals surface area (Å²) in [4.78, 5) is 27.8. The van der Waals surface area contributed by atoms with E-state index in [1.54, 1.807) is 23.1 Å². The Morgan fingerprint density at radius 2 is 1.58 bits per heavy atom. The number of rotatable bonds is 16. The maximum Gasteiger partial charge on any atom is 0.303 e. The molecule has 1 fully saturated rings. The molecule has 1 aliphatic rings. The number of aliphatic hydroxyl groups is 1. The minimum atomic E-state index is -0.773. The predicted molar refractivity (Wildman–Crippen MR) is 198 cm³/mol. The molecule has 50 heavy (non-hydrogen) atoms. The number of unbranched alkanes of at least 4 members (excludes halogenated alkanes) is 3. The first kappa shape index (κ1) is 35.8. The molecule has 2 heterocycles. The van der Waals surface area contributed by atoms with Crippen LogP contribution in [0.2, 0.25) is 0 Å². The maximum atomic E-state index is 12.4. The van der Waals surface area contributed by atoms with E-state index < -0.39 is 12.3 Å². The van der Waals surface area contributed by atoms with Gasteiger partial charge in [0, 0.05) is 37.1 Å². The number of carboxylic acid groups (broad SMARTS) is 1. The molecule has 1 amide bonds. The number of thiazole rings is 1. The van der Waals surface area contributed by atoms with Gasteiger partial charge in [-0.2, -0.15) is 0 Å². The predicted octanol–water partition coefficient (Wildman–Crippen LogP) is 8.83. The number of amides is 1. The van der Waals surface area contributed by atoms with E-state index >= 15 is 0 Å². The molecule has 1 saturated heterocycles. The van der Waals surface area contributed by atoms with Crippen molar-refractivity contribution in [3.05, 3.63) is 119 Å². The molecule has 0 saturated carbocycles. The van der Waals surface area contributed by atoms with E-state index in [9.17, 15) is 14.7 Å². The monoisotopic (exact) mass is 710 g/mol. The lowest BCUT2D eigenvalue weighted by Crippen LogP contribution is -2.31. The van der Waals surface area contributed by atoms with E-state index in [4.69, 9.17) is 19.6 Å². The molecule has 3 atom stereocenters. The fourth-order valence-electron chi connectivity index (χ4n) is 6.00. The average molecular weight is 711 g/mol. The third-order valence-electron chi connectivity index (χ3n) is 8.76. The SMILES string of the molecule is O=C(O)CCCCCCC(=O)NCc1cccc(-c2ccc([C@@H]3O[C@H](CSc4nc5ccccc5s4)C[C@H](c4ccc(CO)cc4)O3)cc2)c1. The van der Waals surface area contributed by atoms with Crippen molar-refractivity contribution in [2.45, 2.75) is 80.9 Å². The fraction of sp³-hybridized carbons (Fsp3) is 0.325. The first-order valence-electron chi connectivity index (χ1n) is 17.1. The highest BCUT2D eigenvalue weighted by atomic mass is 32.2. The van der Waals surface area contributed by atoms with Crippen molar-refractivity contribution in [2.75, 3.05) is 5.75 Å². The summed E-state index contributed by atoms with van der Waals surface area (Å²) in [5.41, 5.74) is 7.00. The van der Waals surface area contributed by atoms with Crippen LogP contribution in [0.5, 0.6) is 0 Å². The molecule has 0 unspecified atom stereocenters. The van der Waals surface area contributed by atoms with Crippen LogP contribution < -0.4 is 5.32 Å². The highest BCUT2D eigenvalue weighted by molar-refractivity contribution is 8.01. The van der Waals surface area contributed by atoms with Crippen LogP contribution in [0.3, 0.4) is 0 Å². The molecular formula is C40H42N2O6S2. The van der Waals surface area contributed by atoms with Crippen LogP contribution in [0, 0.1) is 0 Å². The number of nitrogens with zero attached hydrogens (tertiary/aromatic N) is 1. The number of aromatic nitrogens is 1. The highest BCUT2D eigenvalue weighted by Crippen LogP contribution is 2.40. The topological polar surface area (TPSA) is 118 Å². The van der Waals surface area contributed by atoms with Gasteiger partial charge in [-0.1, -0.05) is 103 Å². The zero-order chi connectivity index (χ0) is 34.7. The Morgan fingerprint density at radius 3 is 2.34 bits per heavy atom. The third-order valence-corrected chi connectivity index (χ3v) is 11.1. The number of carboxylic acids is 1. The molecular weight excluding hydrogens is 669 g/mol. The van der Waals surface area contributed by atoms with Gasteiger partial charge < -0.3 is 25.0 Å². The molecule has 1 aromatic heterocycles. The van der Waals surface area contributed by atoms with Crippen LogP contribution in [-0.2, 0) is 32.2 Å². The maximum absolute atomic E-state index is 12.4. The number of hydrogen-bond acceptors (Lipinski definition) is 8. The van der Waals surface area contributed by atoms with Crippen LogP contribution >= 0.6 is 23.1 Å². The van der Waals surface area contributed by atoms with Gasteiger partial charge in [-0.05, 0) is 58.9 Å². The van der Waals surface area contributed by atoms with Crippen molar-refractivity contribution < 1.29 is 29.3 Å². The Kier molecular flexibility index (Phi) is 12.7. The van der Waals surface area contributed by atoms with Gasteiger partial charge in [-0.15, -0.1) is 11.3 Å². The van der Waals surface area contributed by atoms with E-state index in [0.717, 1.165) is 68.3 Å². The van der Waals surface area contributed by atoms with Crippen molar-refractivity contribution in [1.82, 2.24) is 10.3 Å². The fourth-order valence-corrected chi connectivity index (χ4v) is 8.11. The standard InChI is InChI=1S/C40H42N2O6S2/c43-25-27-14-16-30(17-15-27)35-23-33(26-49-40-42-34-10-5-6-11-36(34)50-40)47-39(48-35)31-20-18-29(19-21-31)32-9-7-8-28(22-32)24-41-37(44)12-3-1-2-4-13-38(45)46/h5-11,14-22,33,35,39,43H,1-4,12-13,23-26H2,(H,41,44)(H,45,46)/t33-,35+,39+/m0/s1. The van der Waals surface area contributed by atoms with Crippen molar-refractivity contribution in [3.63, 3.8) is 0 Å². The number of para-hydroxylation sites is 1. The van der Waals surface area contributed by atoms with Gasteiger partial charge in [0.15, 0.2) is 10.6 Å². The zero-order valence-electron chi connectivity index (χ0n) is 27.8. The van der Waals surface area contributed by atoms with E-state index in [1.807, 2.05) is 54.6 Å². The Balaban J connectivity index is 1.08. The summed E-state index contributed by atoms with van der Waals surface area (Å²) in [6, 6.07) is 32.6. The number of thioether (sulfide) groups is 1. The largest absolute Gasteiger partial charge is 0.481 e. The van der Waals surface area contributed by atoms with E-state index in [-0.39, 0.29) is 31.1 Å². The minimum absolute atomic E-state index is 0.00167. The molecule has 10 heteroatoms. The van der Waals surface area contributed by atoms with E-state index in [1.165, 1.54) is 4.70 Å². The second-order valence-corrected chi connectivity index (χ2v) is 14.8. The summed E-state index contributed by atoms with van der Waals surface area (Å²) in [5, 5.41) is 21.3. The third kappa shape index (κ3) is 10.0. The summed E-state index contributed by atoms with van der Waals surface area (Å²) in [7, 11) is 0. The van der Waals surface area contributed by atoms with Crippen LogP contribution in [0.1, 0.15) is 79.6 Å². The summed E-state index contributed by atoms with van der Waals surface area (Å²) >= 11 is 3.42.